The van der Waals surface area contributed by atoms with Crippen molar-refractivity contribution in [2.45, 2.75) is 20.4 Å². The van der Waals surface area contributed by atoms with E-state index in [4.69, 9.17) is 10.5 Å². The van der Waals surface area contributed by atoms with Crippen LogP contribution in [0.5, 0.6) is 5.75 Å². The molecule has 0 aliphatic carbocycles. The van der Waals surface area contributed by atoms with Crippen molar-refractivity contribution in [2.24, 2.45) is 0 Å². The second-order valence-corrected chi connectivity index (χ2v) is 4.31. The van der Waals surface area contributed by atoms with Crippen molar-refractivity contribution < 1.29 is 4.74 Å². The van der Waals surface area contributed by atoms with Crippen LogP contribution in [0, 0.1) is 6.92 Å². The van der Waals surface area contributed by atoms with E-state index < -0.39 is 0 Å². The summed E-state index contributed by atoms with van der Waals surface area (Å²) in [6.07, 6.45) is 1.87. The van der Waals surface area contributed by atoms with E-state index in [1.165, 1.54) is 0 Å². The number of nitrogens with one attached hydrogen (secondary N) is 1. The second-order valence-electron chi connectivity index (χ2n) is 4.31. The standard InChI is InChI=1S/C15H19N3O/c1-3-19-14-6-4-5-13(15(14)16)18-10-12-8-7-11(2)17-9-12/h4-9,18H,3,10,16H2,1-2H3. The molecule has 0 aliphatic heterocycles. The van der Waals surface area contributed by atoms with Gasteiger partial charge in [0, 0.05) is 18.4 Å². The van der Waals surface area contributed by atoms with E-state index in [0.29, 0.717) is 18.8 Å². The smallest absolute Gasteiger partial charge is 0.144 e. The van der Waals surface area contributed by atoms with Crippen LogP contribution in [0.1, 0.15) is 18.2 Å². The molecule has 1 aromatic carbocycles. The number of aromatic nitrogens is 1. The van der Waals surface area contributed by atoms with E-state index in [1.54, 1.807) is 0 Å². The molecule has 2 rings (SSSR count). The first kappa shape index (κ1) is 13.2. The molecule has 0 aliphatic rings. The molecule has 0 fully saturated rings. The summed E-state index contributed by atoms with van der Waals surface area (Å²) in [6.45, 7) is 5.21. The van der Waals surface area contributed by atoms with E-state index in [0.717, 1.165) is 22.7 Å². The molecule has 100 valence electrons. The highest BCUT2D eigenvalue weighted by Gasteiger charge is 2.05. The predicted molar refractivity (Wildman–Crippen MR) is 78.3 cm³/mol. The van der Waals surface area contributed by atoms with Gasteiger partial charge in [0.05, 0.1) is 18.0 Å². The van der Waals surface area contributed by atoms with Gasteiger partial charge in [0.2, 0.25) is 0 Å². The van der Waals surface area contributed by atoms with Crippen molar-refractivity contribution in [3.05, 3.63) is 47.8 Å². The summed E-state index contributed by atoms with van der Waals surface area (Å²) < 4.78 is 5.47. The molecule has 3 N–H and O–H groups in total. The first-order valence-corrected chi connectivity index (χ1v) is 6.37. The lowest BCUT2D eigenvalue weighted by Gasteiger charge is -2.13. The number of anilines is 2. The van der Waals surface area contributed by atoms with E-state index >= 15 is 0 Å². The molecule has 19 heavy (non-hydrogen) atoms. The number of nitrogens with two attached hydrogens (primary N) is 1. The number of hydrogen-bond acceptors (Lipinski definition) is 4. The zero-order valence-corrected chi connectivity index (χ0v) is 11.3. The SMILES string of the molecule is CCOc1cccc(NCc2ccc(C)nc2)c1N. The Bertz CT molecular complexity index is 538. The first-order chi connectivity index (χ1) is 9.20. The van der Waals surface area contributed by atoms with Gasteiger partial charge in [0.15, 0.2) is 0 Å². The molecule has 0 saturated carbocycles. The monoisotopic (exact) mass is 257 g/mol. The van der Waals surface area contributed by atoms with Gasteiger partial charge in [0.1, 0.15) is 5.75 Å². The Labute approximate surface area is 113 Å². The molecule has 4 nitrogen and oxygen atoms in total. The van der Waals surface area contributed by atoms with Crippen LogP contribution in [0.25, 0.3) is 0 Å². The van der Waals surface area contributed by atoms with Gasteiger partial charge in [-0.25, -0.2) is 0 Å². The highest BCUT2D eigenvalue weighted by molar-refractivity contribution is 5.72. The van der Waals surface area contributed by atoms with Crippen molar-refractivity contribution in [1.82, 2.24) is 4.98 Å². The van der Waals surface area contributed by atoms with Gasteiger partial charge in [-0.15, -0.1) is 0 Å². The van der Waals surface area contributed by atoms with E-state index in [1.807, 2.05) is 44.3 Å². The summed E-state index contributed by atoms with van der Waals surface area (Å²) in [5.41, 5.74) is 9.71. The third kappa shape index (κ3) is 3.37. The Hall–Kier alpha value is -2.23. The zero-order chi connectivity index (χ0) is 13.7. The predicted octanol–water partition coefficient (Wildman–Crippen LogP) is 2.98. The van der Waals surface area contributed by atoms with Crippen molar-refractivity contribution >= 4 is 11.4 Å². The van der Waals surface area contributed by atoms with Gasteiger partial charge in [-0.3, -0.25) is 4.98 Å². The van der Waals surface area contributed by atoms with Crippen LogP contribution in [0.3, 0.4) is 0 Å². The molecular weight excluding hydrogens is 238 g/mol. The zero-order valence-electron chi connectivity index (χ0n) is 11.3. The number of para-hydroxylation sites is 1. The summed E-state index contributed by atoms with van der Waals surface area (Å²) in [4.78, 5) is 4.26. The van der Waals surface area contributed by atoms with Gasteiger partial charge in [-0.05, 0) is 37.6 Å². The summed E-state index contributed by atoms with van der Waals surface area (Å²) >= 11 is 0. The van der Waals surface area contributed by atoms with Crippen molar-refractivity contribution in [1.29, 1.82) is 0 Å². The Morgan fingerprint density at radius 2 is 2.11 bits per heavy atom. The molecule has 1 aromatic heterocycles. The van der Waals surface area contributed by atoms with Crippen LogP contribution in [0.4, 0.5) is 11.4 Å². The highest BCUT2D eigenvalue weighted by Crippen LogP contribution is 2.29. The van der Waals surface area contributed by atoms with E-state index in [-0.39, 0.29) is 0 Å². The van der Waals surface area contributed by atoms with Crippen molar-refractivity contribution in [3.8, 4) is 5.75 Å². The molecule has 0 spiro atoms. The summed E-state index contributed by atoms with van der Waals surface area (Å²) in [5.74, 6) is 0.717. The Morgan fingerprint density at radius 1 is 1.26 bits per heavy atom. The fourth-order valence-electron chi connectivity index (χ4n) is 1.78. The molecule has 2 aromatic rings. The Kier molecular flexibility index (Phi) is 4.23. The van der Waals surface area contributed by atoms with Crippen LogP contribution in [0.15, 0.2) is 36.5 Å². The molecule has 0 radical (unpaired) electrons. The molecule has 4 heteroatoms. The lowest BCUT2D eigenvalue weighted by atomic mass is 10.2. The van der Waals surface area contributed by atoms with Crippen molar-refractivity contribution in [2.75, 3.05) is 17.7 Å². The average Bonchev–Trinajstić information content (AvgIpc) is 2.42. The number of hydrogen-bond donors (Lipinski definition) is 2. The number of rotatable bonds is 5. The van der Waals surface area contributed by atoms with Crippen LogP contribution in [-0.4, -0.2) is 11.6 Å². The second kappa shape index (κ2) is 6.09. The van der Waals surface area contributed by atoms with E-state index in [2.05, 4.69) is 16.4 Å². The maximum Gasteiger partial charge on any atom is 0.144 e. The molecular formula is C15H19N3O. The summed E-state index contributed by atoms with van der Waals surface area (Å²) in [6, 6.07) is 9.79. The fraction of sp³-hybridized carbons (Fsp3) is 0.267. The van der Waals surface area contributed by atoms with Gasteiger partial charge in [-0.1, -0.05) is 12.1 Å². The maximum absolute atomic E-state index is 6.05. The molecule has 0 bridgehead atoms. The Morgan fingerprint density at radius 3 is 2.79 bits per heavy atom. The van der Waals surface area contributed by atoms with Gasteiger partial charge in [0.25, 0.3) is 0 Å². The highest BCUT2D eigenvalue weighted by atomic mass is 16.5. The van der Waals surface area contributed by atoms with Gasteiger partial charge in [-0.2, -0.15) is 0 Å². The lowest BCUT2D eigenvalue weighted by molar-refractivity contribution is 0.342. The molecule has 1 heterocycles. The molecule has 0 amide bonds. The van der Waals surface area contributed by atoms with Crippen LogP contribution >= 0.6 is 0 Å². The summed E-state index contributed by atoms with van der Waals surface area (Å²) in [5, 5.41) is 3.30. The third-order valence-electron chi connectivity index (χ3n) is 2.82. The minimum atomic E-state index is 0.607. The molecule has 0 saturated heterocycles. The van der Waals surface area contributed by atoms with Crippen LogP contribution in [-0.2, 0) is 6.54 Å². The van der Waals surface area contributed by atoms with Crippen molar-refractivity contribution in [3.63, 3.8) is 0 Å². The summed E-state index contributed by atoms with van der Waals surface area (Å²) in [7, 11) is 0. The van der Waals surface area contributed by atoms with Gasteiger partial charge >= 0.3 is 0 Å². The number of benzene rings is 1. The number of ether oxygens (including phenoxy) is 1. The minimum Gasteiger partial charge on any atom is -0.492 e. The lowest BCUT2D eigenvalue weighted by Crippen LogP contribution is -2.05. The topological polar surface area (TPSA) is 60.2 Å². The first-order valence-electron chi connectivity index (χ1n) is 6.37. The normalized spacial score (nSPS) is 10.2. The van der Waals surface area contributed by atoms with E-state index in [9.17, 15) is 0 Å². The van der Waals surface area contributed by atoms with Crippen LogP contribution < -0.4 is 15.8 Å². The Balaban J connectivity index is 2.07. The number of nitrogen functional groups attached to an aromatic ring is 1. The third-order valence-corrected chi connectivity index (χ3v) is 2.82. The molecule has 0 atom stereocenters. The molecule has 0 unspecified atom stereocenters. The largest absolute Gasteiger partial charge is 0.492 e. The number of nitrogens with zero attached hydrogens (tertiary/aromatic N) is 1. The van der Waals surface area contributed by atoms with Crippen LogP contribution in [0.2, 0.25) is 0 Å². The minimum absolute atomic E-state index is 0.607. The maximum atomic E-state index is 6.05. The number of aryl methyl sites for hydroxylation is 1. The van der Waals surface area contributed by atoms with Gasteiger partial charge < -0.3 is 15.8 Å². The average molecular weight is 257 g/mol. The fourth-order valence-corrected chi connectivity index (χ4v) is 1.78. The number of pyridine rings is 1. The quantitative estimate of drug-likeness (QED) is 0.808.